The molecule has 0 fully saturated rings. The van der Waals surface area contributed by atoms with Crippen LogP contribution in [-0.4, -0.2) is 50.4 Å². The first-order chi connectivity index (χ1) is 13.0. The Hall–Kier alpha value is -1.67. The first-order valence-electron chi connectivity index (χ1n) is 9.66. The third-order valence-corrected chi connectivity index (χ3v) is 3.73. The third-order valence-electron chi connectivity index (χ3n) is 3.73. The summed E-state index contributed by atoms with van der Waals surface area (Å²) in [6.07, 6.45) is 3.58. The minimum atomic E-state index is -1.94. The maximum absolute atomic E-state index is 12.6. The molecule has 0 bridgehead atoms. The van der Waals surface area contributed by atoms with Gasteiger partial charge in [-0.1, -0.05) is 40.0 Å². The lowest BCUT2D eigenvalue weighted by Crippen LogP contribution is -2.47. The molecule has 8 nitrogen and oxygen atoms in total. The van der Waals surface area contributed by atoms with E-state index in [0.717, 1.165) is 19.3 Å². The van der Waals surface area contributed by atoms with Crippen LogP contribution < -0.4 is 0 Å². The summed E-state index contributed by atoms with van der Waals surface area (Å²) in [7, 11) is 1.19. The normalized spacial score (nSPS) is 11.1. The monoisotopic (exact) mass is 390 g/mol. The van der Waals surface area contributed by atoms with E-state index >= 15 is 0 Å². The number of esters is 3. The van der Waals surface area contributed by atoms with E-state index in [9.17, 15) is 14.4 Å². The fourth-order valence-electron chi connectivity index (χ4n) is 2.13. The van der Waals surface area contributed by atoms with Gasteiger partial charge in [-0.3, -0.25) is 9.59 Å². The van der Waals surface area contributed by atoms with Gasteiger partial charge in [-0.05, 0) is 19.3 Å². The standard InChI is InChI=1S/C19H34O8/c1-5-8-11-24-16(20)14-19(27-23-4,18(22)26-13-10-7-3)15-17(21)25-12-9-6-2/h5-15H2,1-4H3. The van der Waals surface area contributed by atoms with Gasteiger partial charge in [0.05, 0.1) is 39.8 Å². The smallest absolute Gasteiger partial charge is 0.343 e. The molecular formula is C19H34O8. The van der Waals surface area contributed by atoms with Gasteiger partial charge in [-0.25, -0.2) is 14.6 Å². The third kappa shape index (κ3) is 10.9. The van der Waals surface area contributed by atoms with Crippen LogP contribution in [0.4, 0.5) is 0 Å². The SMILES string of the molecule is CCCCOC(=O)CC(CC(=O)OCCCC)(OOC)C(=O)OCCCC. The van der Waals surface area contributed by atoms with Crippen LogP contribution in [0.1, 0.15) is 72.1 Å². The predicted octanol–water partition coefficient (Wildman–Crippen LogP) is 3.11. The Morgan fingerprint density at radius 3 is 1.48 bits per heavy atom. The number of unbranched alkanes of at least 4 members (excludes halogenated alkanes) is 3. The number of hydrogen-bond donors (Lipinski definition) is 0. The lowest BCUT2D eigenvalue weighted by atomic mass is 9.95. The van der Waals surface area contributed by atoms with Gasteiger partial charge in [0.15, 0.2) is 0 Å². The van der Waals surface area contributed by atoms with E-state index in [1.54, 1.807) is 0 Å². The van der Waals surface area contributed by atoms with E-state index in [1.165, 1.54) is 7.11 Å². The molecule has 0 N–H and O–H groups in total. The number of carbonyl (C=O) groups excluding carboxylic acids is 3. The summed E-state index contributed by atoms with van der Waals surface area (Å²) in [6.45, 7) is 6.48. The average molecular weight is 390 g/mol. The molecule has 0 amide bonds. The number of carbonyl (C=O) groups is 3. The van der Waals surface area contributed by atoms with Gasteiger partial charge in [0.2, 0.25) is 5.60 Å². The van der Waals surface area contributed by atoms with E-state index in [1.807, 2.05) is 20.8 Å². The summed E-state index contributed by atoms with van der Waals surface area (Å²) >= 11 is 0. The molecule has 0 aromatic carbocycles. The Balaban J connectivity index is 5.20. The Kier molecular flexibility index (Phi) is 14.4. The topological polar surface area (TPSA) is 97.4 Å². The summed E-state index contributed by atoms with van der Waals surface area (Å²) in [5.41, 5.74) is -1.94. The van der Waals surface area contributed by atoms with Crippen LogP contribution in [-0.2, 0) is 38.4 Å². The molecule has 0 aromatic rings. The van der Waals surface area contributed by atoms with Crippen molar-refractivity contribution in [2.45, 2.75) is 77.7 Å². The molecular weight excluding hydrogens is 356 g/mol. The van der Waals surface area contributed by atoms with Gasteiger partial charge >= 0.3 is 17.9 Å². The highest BCUT2D eigenvalue weighted by atomic mass is 17.2. The van der Waals surface area contributed by atoms with Crippen molar-refractivity contribution < 1.29 is 38.4 Å². The highest BCUT2D eigenvalue weighted by Crippen LogP contribution is 2.25. The number of hydrogen-bond acceptors (Lipinski definition) is 8. The maximum Gasteiger partial charge on any atom is 0.343 e. The van der Waals surface area contributed by atoms with Crippen LogP contribution in [0.2, 0.25) is 0 Å². The lowest BCUT2D eigenvalue weighted by molar-refractivity contribution is -0.340. The molecule has 0 aliphatic rings. The summed E-state index contributed by atoms with van der Waals surface area (Å²) in [5, 5.41) is 0. The lowest BCUT2D eigenvalue weighted by Gasteiger charge is -2.27. The Labute approximate surface area is 161 Å². The molecule has 0 radical (unpaired) electrons. The molecule has 0 saturated heterocycles. The minimum Gasteiger partial charge on any atom is -0.466 e. The fourth-order valence-corrected chi connectivity index (χ4v) is 2.13. The van der Waals surface area contributed by atoms with Gasteiger partial charge in [0, 0.05) is 0 Å². The highest BCUT2D eigenvalue weighted by molar-refractivity contribution is 5.90. The van der Waals surface area contributed by atoms with Crippen LogP contribution in [0, 0.1) is 0 Å². The van der Waals surface area contributed by atoms with Gasteiger partial charge in [-0.2, -0.15) is 0 Å². The molecule has 0 atom stereocenters. The second kappa shape index (κ2) is 15.4. The Bertz CT molecular complexity index is 411. The average Bonchev–Trinajstić information content (AvgIpc) is 2.62. The van der Waals surface area contributed by atoms with E-state index < -0.39 is 36.4 Å². The molecule has 0 rings (SSSR count). The first kappa shape index (κ1) is 25.3. The van der Waals surface area contributed by atoms with Crippen LogP contribution in [0.15, 0.2) is 0 Å². The molecule has 158 valence electrons. The van der Waals surface area contributed by atoms with Crippen molar-refractivity contribution in [2.24, 2.45) is 0 Å². The van der Waals surface area contributed by atoms with Gasteiger partial charge in [0.25, 0.3) is 0 Å². The molecule has 0 heterocycles. The van der Waals surface area contributed by atoms with Gasteiger partial charge in [0.1, 0.15) is 0 Å². The number of ether oxygens (including phenoxy) is 3. The predicted molar refractivity (Wildman–Crippen MR) is 97.7 cm³/mol. The largest absolute Gasteiger partial charge is 0.466 e. The molecule has 27 heavy (non-hydrogen) atoms. The van der Waals surface area contributed by atoms with Crippen molar-refractivity contribution >= 4 is 17.9 Å². The van der Waals surface area contributed by atoms with Crippen molar-refractivity contribution in [3.8, 4) is 0 Å². The molecule has 0 unspecified atom stereocenters. The fraction of sp³-hybridized carbons (Fsp3) is 0.842. The number of rotatable bonds is 16. The molecule has 0 spiro atoms. The van der Waals surface area contributed by atoms with Crippen LogP contribution >= 0.6 is 0 Å². The quantitative estimate of drug-likeness (QED) is 0.130. The second-order valence-corrected chi connectivity index (χ2v) is 6.24. The molecule has 0 aromatic heterocycles. The van der Waals surface area contributed by atoms with Crippen molar-refractivity contribution in [3.05, 3.63) is 0 Å². The summed E-state index contributed by atoms with van der Waals surface area (Å²) in [5.74, 6) is -2.19. The van der Waals surface area contributed by atoms with E-state index in [0.29, 0.717) is 19.3 Å². The first-order valence-corrected chi connectivity index (χ1v) is 9.66. The second-order valence-electron chi connectivity index (χ2n) is 6.24. The van der Waals surface area contributed by atoms with Crippen molar-refractivity contribution in [3.63, 3.8) is 0 Å². The Morgan fingerprint density at radius 2 is 1.11 bits per heavy atom. The van der Waals surface area contributed by atoms with Crippen molar-refractivity contribution in [1.29, 1.82) is 0 Å². The van der Waals surface area contributed by atoms with Crippen LogP contribution in [0.3, 0.4) is 0 Å². The maximum atomic E-state index is 12.6. The van der Waals surface area contributed by atoms with E-state index in [4.69, 9.17) is 19.1 Å². The van der Waals surface area contributed by atoms with E-state index in [2.05, 4.69) is 4.89 Å². The molecule has 0 aliphatic carbocycles. The van der Waals surface area contributed by atoms with Crippen molar-refractivity contribution in [1.82, 2.24) is 0 Å². The van der Waals surface area contributed by atoms with Gasteiger partial charge < -0.3 is 14.2 Å². The van der Waals surface area contributed by atoms with Crippen LogP contribution in [0.5, 0.6) is 0 Å². The van der Waals surface area contributed by atoms with E-state index in [-0.39, 0.29) is 19.8 Å². The summed E-state index contributed by atoms with van der Waals surface area (Å²) in [4.78, 5) is 46.7. The molecule has 8 heteroatoms. The van der Waals surface area contributed by atoms with Gasteiger partial charge in [-0.15, -0.1) is 0 Å². The summed E-state index contributed by atoms with van der Waals surface area (Å²) in [6, 6.07) is 0. The van der Waals surface area contributed by atoms with Crippen molar-refractivity contribution in [2.75, 3.05) is 26.9 Å². The highest BCUT2D eigenvalue weighted by Gasteiger charge is 2.48. The Morgan fingerprint density at radius 1 is 0.704 bits per heavy atom. The summed E-state index contributed by atoms with van der Waals surface area (Å²) < 4.78 is 15.4. The zero-order valence-corrected chi connectivity index (χ0v) is 17.0. The molecule has 0 saturated carbocycles. The zero-order valence-electron chi connectivity index (χ0n) is 17.0. The minimum absolute atomic E-state index is 0.153. The zero-order chi connectivity index (χ0) is 20.5. The van der Waals surface area contributed by atoms with Crippen LogP contribution in [0.25, 0.3) is 0 Å². The molecule has 0 aliphatic heterocycles.